The van der Waals surface area contributed by atoms with Crippen LogP contribution in [0.5, 0.6) is 0 Å². The summed E-state index contributed by atoms with van der Waals surface area (Å²) >= 11 is 1.80. The van der Waals surface area contributed by atoms with E-state index in [0.29, 0.717) is 12.1 Å². The van der Waals surface area contributed by atoms with Crippen LogP contribution < -0.4 is 5.32 Å². The van der Waals surface area contributed by atoms with Crippen LogP contribution in [0.3, 0.4) is 0 Å². The second-order valence-corrected chi connectivity index (χ2v) is 6.59. The van der Waals surface area contributed by atoms with Gasteiger partial charge in [0, 0.05) is 17.0 Å². The molecule has 1 aromatic heterocycles. The van der Waals surface area contributed by atoms with Crippen molar-refractivity contribution in [2.24, 2.45) is 5.92 Å². The van der Waals surface area contributed by atoms with Gasteiger partial charge in [0.15, 0.2) is 0 Å². The van der Waals surface area contributed by atoms with Gasteiger partial charge in [-0.15, -0.1) is 11.3 Å². The smallest absolute Gasteiger partial charge is 0.0900 e. The summed E-state index contributed by atoms with van der Waals surface area (Å²) in [4.78, 5) is 5.99. The fourth-order valence-corrected chi connectivity index (χ4v) is 3.65. The summed E-state index contributed by atoms with van der Waals surface area (Å²) in [6.45, 7) is 8.86. The van der Waals surface area contributed by atoms with E-state index in [0.717, 1.165) is 5.92 Å². The van der Waals surface area contributed by atoms with Crippen molar-refractivity contribution in [2.75, 3.05) is 0 Å². The van der Waals surface area contributed by atoms with Crippen LogP contribution in [0.1, 0.15) is 54.7 Å². The number of hydrogen-bond donors (Lipinski definition) is 1. The quantitative estimate of drug-likeness (QED) is 0.870. The summed E-state index contributed by atoms with van der Waals surface area (Å²) < 4.78 is 0. The largest absolute Gasteiger partial charge is 0.306 e. The highest BCUT2D eigenvalue weighted by atomic mass is 32.1. The lowest BCUT2D eigenvalue weighted by molar-refractivity contribution is 0.443. The summed E-state index contributed by atoms with van der Waals surface area (Å²) in [5, 5.41) is 4.91. The molecule has 1 heterocycles. The Morgan fingerprint density at radius 3 is 2.62 bits per heavy atom. The molecule has 3 atom stereocenters. The highest BCUT2D eigenvalue weighted by Crippen LogP contribution is 2.28. The summed E-state index contributed by atoms with van der Waals surface area (Å²) in [6.07, 6.45) is 4.03. The lowest BCUT2D eigenvalue weighted by Gasteiger charge is -2.18. The third kappa shape index (κ3) is 2.64. The van der Waals surface area contributed by atoms with E-state index in [1.165, 1.54) is 34.8 Å². The molecule has 0 aliphatic heterocycles. The number of aromatic nitrogens is 1. The van der Waals surface area contributed by atoms with Crippen LogP contribution in [-0.4, -0.2) is 11.0 Å². The molecule has 3 unspecified atom stereocenters. The molecule has 0 bridgehead atoms. The van der Waals surface area contributed by atoms with Gasteiger partial charge in [0.1, 0.15) is 0 Å². The van der Waals surface area contributed by atoms with E-state index in [1.54, 1.807) is 11.3 Å². The minimum atomic E-state index is 0.403. The minimum Gasteiger partial charge on any atom is -0.306 e. The molecule has 0 radical (unpaired) electrons. The van der Waals surface area contributed by atoms with E-state index in [9.17, 15) is 0 Å². The predicted octanol–water partition coefficient (Wildman–Crippen LogP) is 3.60. The first kappa shape index (κ1) is 12.1. The Balaban J connectivity index is 1.97. The molecular weight excluding hydrogens is 216 g/mol. The van der Waals surface area contributed by atoms with Crippen LogP contribution in [0, 0.1) is 19.8 Å². The van der Waals surface area contributed by atoms with Crippen molar-refractivity contribution in [3.05, 3.63) is 15.6 Å². The first-order chi connectivity index (χ1) is 7.56. The Labute approximate surface area is 102 Å². The highest BCUT2D eigenvalue weighted by Gasteiger charge is 2.24. The predicted molar refractivity (Wildman–Crippen MR) is 69.9 cm³/mol. The van der Waals surface area contributed by atoms with Crippen LogP contribution in [-0.2, 0) is 0 Å². The monoisotopic (exact) mass is 238 g/mol. The van der Waals surface area contributed by atoms with Gasteiger partial charge in [-0.2, -0.15) is 0 Å². The molecular formula is C13H22N2S. The zero-order chi connectivity index (χ0) is 11.7. The summed E-state index contributed by atoms with van der Waals surface area (Å²) in [5.41, 5.74) is 1.25. The number of thiazole rings is 1. The SMILES string of the molecule is Cc1nc(C(C)NC2CCC(C)C2)c(C)s1. The summed E-state index contributed by atoms with van der Waals surface area (Å²) in [5.74, 6) is 0.892. The Bertz CT molecular complexity index is 359. The van der Waals surface area contributed by atoms with Gasteiger partial charge in [0.2, 0.25) is 0 Å². The Morgan fingerprint density at radius 1 is 1.38 bits per heavy atom. The number of rotatable bonds is 3. The van der Waals surface area contributed by atoms with Crippen LogP contribution in [0.15, 0.2) is 0 Å². The third-order valence-electron chi connectivity index (χ3n) is 3.53. The Morgan fingerprint density at radius 2 is 2.12 bits per heavy atom. The van der Waals surface area contributed by atoms with Crippen molar-refractivity contribution in [2.45, 2.75) is 59.0 Å². The third-order valence-corrected chi connectivity index (χ3v) is 4.43. The number of aryl methyl sites for hydroxylation is 2. The normalized spacial score (nSPS) is 27.2. The van der Waals surface area contributed by atoms with Crippen LogP contribution in [0.2, 0.25) is 0 Å². The van der Waals surface area contributed by atoms with E-state index in [1.807, 2.05) is 0 Å². The van der Waals surface area contributed by atoms with Gasteiger partial charge in [-0.1, -0.05) is 6.92 Å². The number of nitrogens with zero attached hydrogens (tertiary/aromatic N) is 1. The standard InChI is InChI=1S/C13H22N2S/c1-8-5-6-12(7-8)14-9(2)13-10(3)16-11(4)15-13/h8-9,12,14H,5-7H2,1-4H3. The maximum absolute atomic E-state index is 4.63. The molecule has 0 aromatic carbocycles. The van der Waals surface area contributed by atoms with Gasteiger partial charge in [-0.05, 0) is 46.0 Å². The molecule has 1 saturated carbocycles. The van der Waals surface area contributed by atoms with Gasteiger partial charge in [-0.3, -0.25) is 0 Å². The average molecular weight is 238 g/mol. The molecule has 1 N–H and O–H groups in total. The number of nitrogens with one attached hydrogen (secondary N) is 1. The second kappa shape index (κ2) is 4.84. The van der Waals surface area contributed by atoms with Crippen molar-refractivity contribution in [1.29, 1.82) is 0 Å². The van der Waals surface area contributed by atoms with Crippen LogP contribution in [0.4, 0.5) is 0 Å². The second-order valence-electron chi connectivity index (χ2n) is 5.18. The van der Waals surface area contributed by atoms with E-state index in [-0.39, 0.29) is 0 Å². The van der Waals surface area contributed by atoms with Crippen molar-refractivity contribution >= 4 is 11.3 Å². The van der Waals surface area contributed by atoms with E-state index < -0.39 is 0 Å². The van der Waals surface area contributed by atoms with Crippen LogP contribution in [0.25, 0.3) is 0 Å². The molecule has 0 saturated heterocycles. The van der Waals surface area contributed by atoms with Gasteiger partial charge >= 0.3 is 0 Å². The first-order valence-electron chi connectivity index (χ1n) is 6.26. The first-order valence-corrected chi connectivity index (χ1v) is 7.08. The molecule has 90 valence electrons. The molecule has 3 heteroatoms. The molecule has 2 nitrogen and oxygen atoms in total. The molecule has 1 aliphatic carbocycles. The Kier molecular flexibility index (Phi) is 3.65. The maximum Gasteiger partial charge on any atom is 0.0900 e. The molecule has 2 rings (SSSR count). The molecule has 1 aromatic rings. The van der Waals surface area contributed by atoms with Crippen molar-refractivity contribution < 1.29 is 0 Å². The maximum atomic E-state index is 4.63. The summed E-state index contributed by atoms with van der Waals surface area (Å²) in [6, 6.07) is 1.10. The Hall–Kier alpha value is -0.410. The summed E-state index contributed by atoms with van der Waals surface area (Å²) in [7, 11) is 0. The molecule has 16 heavy (non-hydrogen) atoms. The van der Waals surface area contributed by atoms with Gasteiger partial charge in [-0.25, -0.2) is 4.98 Å². The lowest BCUT2D eigenvalue weighted by Crippen LogP contribution is -2.29. The van der Waals surface area contributed by atoms with Crippen molar-refractivity contribution in [3.8, 4) is 0 Å². The van der Waals surface area contributed by atoms with Crippen LogP contribution >= 0.6 is 11.3 Å². The fraction of sp³-hybridized carbons (Fsp3) is 0.769. The van der Waals surface area contributed by atoms with E-state index in [2.05, 4.69) is 38.0 Å². The minimum absolute atomic E-state index is 0.403. The van der Waals surface area contributed by atoms with Gasteiger partial charge in [0.25, 0.3) is 0 Å². The topological polar surface area (TPSA) is 24.9 Å². The zero-order valence-electron chi connectivity index (χ0n) is 10.7. The van der Waals surface area contributed by atoms with Crippen molar-refractivity contribution in [1.82, 2.24) is 10.3 Å². The molecule has 0 spiro atoms. The van der Waals surface area contributed by atoms with Gasteiger partial charge < -0.3 is 5.32 Å². The molecule has 1 aliphatic rings. The molecule has 0 amide bonds. The zero-order valence-corrected chi connectivity index (χ0v) is 11.5. The van der Waals surface area contributed by atoms with E-state index in [4.69, 9.17) is 0 Å². The lowest BCUT2D eigenvalue weighted by atomic mass is 10.1. The highest BCUT2D eigenvalue weighted by molar-refractivity contribution is 7.11. The fourth-order valence-electron chi connectivity index (χ4n) is 2.74. The van der Waals surface area contributed by atoms with E-state index >= 15 is 0 Å². The van der Waals surface area contributed by atoms with Gasteiger partial charge in [0.05, 0.1) is 10.7 Å². The number of hydrogen-bond acceptors (Lipinski definition) is 3. The average Bonchev–Trinajstić information content (AvgIpc) is 2.73. The molecule has 1 fully saturated rings. The van der Waals surface area contributed by atoms with Crippen molar-refractivity contribution in [3.63, 3.8) is 0 Å².